The summed E-state index contributed by atoms with van der Waals surface area (Å²) in [4.78, 5) is 44.4. The summed E-state index contributed by atoms with van der Waals surface area (Å²) >= 11 is 0. The molecule has 1 fully saturated rings. The summed E-state index contributed by atoms with van der Waals surface area (Å²) in [6.07, 6.45) is 1.17. The summed E-state index contributed by atoms with van der Waals surface area (Å²) in [7, 11) is -3.20. The van der Waals surface area contributed by atoms with Crippen LogP contribution in [-0.2, 0) is 19.7 Å². The van der Waals surface area contributed by atoms with Crippen LogP contribution in [0.15, 0.2) is 52.9 Å². The molecule has 0 bridgehead atoms. The standard InChI is InChI=1S/C18H13N3O9S/c1-29-15-8-10(7-13-16(22)19-18(24)20-17(13)23)5-6-14(15)30-31(27,28)12-4-2-3-11(9-12)21(25)26/h2-9H,1H3,(H2,19,20,22,23,24). The van der Waals surface area contributed by atoms with Crippen LogP contribution in [0.25, 0.3) is 6.08 Å². The highest BCUT2D eigenvalue weighted by Crippen LogP contribution is 2.32. The minimum Gasteiger partial charge on any atom is -0.493 e. The predicted octanol–water partition coefficient (Wildman–Crippen LogP) is 1.12. The number of nitro benzene ring substituents is 1. The number of nitrogens with one attached hydrogen (secondary N) is 2. The molecule has 31 heavy (non-hydrogen) atoms. The number of methoxy groups -OCH3 is 1. The lowest BCUT2D eigenvalue weighted by Gasteiger charge is -2.14. The number of nitrogens with zero attached hydrogens (tertiary/aromatic N) is 1. The minimum absolute atomic E-state index is 0.0592. The van der Waals surface area contributed by atoms with Crippen LogP contribution in [0.2, 0.25) is 0 Å². The first-order chi connectivity index (χ1) is 14.6. The van der Waals surface area contributed by atoms with Crippen molar-refractivity contribution < 1.29 is 36.6 Å². The van der Waals surface area contributed by atoms with Crippen LogP contribution >= 0.6 is 0 Å². The van der Waals surface area contributed by atoms with E-state index in [1.54, 1.807) is 0 Å². The van der Waals surface area contributed by atoms with Crippen molar-refractivity contribution in [3.63, 3.8) is 0 Å². The highest BCUT2D eigenvalue weighted by Gasteiger charge is 2.28. The number of nitro groups is 1. The predicted molar refractivity (Wildman–Crippen MR) is 104 cm³/mol. The number of rotatable bonds is 6. The zero-order valence-corrected chi connectivity index (χ0v) is 16.5. The Kier molecular flexibility index (Phi) is 5.70. The molecule has 0 spiro atoms. The molecule has 0 aliphatic carbocycles. The first-order valence-corrected chi connectivity index (χ1v) is 9.77. The molecule has 0 aromatic heterocycles. The van der Waals surface area contributed by atoms with Gasteiger partial charge in [-0.1, -0.05) is 12.1 Å². The Labute approximate surface area is 174 Å². The van der Waals surface area contributed by atoms with E-state index in [-0.39, 0.29) is 22.6 Å². The van der Waals surface area contributed by atoms with Crippen molar-refractivity contribution in [1.82, 2.24) is 10.6 Å². The lowest BCUT2D eigenvalue weighted by atomic mass is 10.1. The molecular weight excluding hydrogens is 434 g/mol. The van der Waals surface area contributed by atoms with Gasteiger partial charge < -0.3 is 8.92 Å². The van der Waals surface area contributed by atoms with E-state index < -0.39 is 43.5 Å². The number of carbonyl (C=O) groups is 3. The minimum atomic E-state index is -4.43. The van der Waals surface area contributed by atoms with Crippen molar-refractivity contribution in [2.45, 2.75) is 4.90 Å². The third-order valence-electron chi connectivity index (χ3n) is 3.96. The van der Waals surface area contributed by atoms with Crippen molar-refractivity contribution in [2.75, 3.05) is 7.11 Å². The fraction of sp³-hybridized carbons (Fsp3) is 0.0556. The van der Waals surface area contributed by atoms with Crippen LogP contribution in [0.3, 0.4) is 0 Å². The van der Waals surface area contributed by atoms with Crippen molar-refractivity contribution in [3.8, 4) is 11.5 Å². The number of urea groups is 1. The Morgan fingerprint density at radius 1 is 1.00 bits per heavy atom. The van der Waals surface area contributed by atoms with Crippen LogP contribution in [0.5, 0.6) is 11.5 Å². The molecule has 3 rings (SSSR count). The number of non-ortho nitro benzene ring substituents is 1. The fourth-order valence-electron chi connectivity index (χ4n) is 2.53. The molecule has 1 aliphatic heterocycles. The van der Waals surface area contributed by atoms with Gasteiger partial charge in [-0.05, 0) is 29.8 Å². The summed E-state index contributed by atoms with van der Waals surface area (Å²) in [5.74, 6) is -2.09. The maximum atomic E-state index is 12.5. The molecule has 0 unspecified atom stereocenters. The summed E-state index contributed by atoms with van der Waals surface area (Å²) in [6, 6.07) is 7.22. The van der Waals surface area contributed by atoms with Gasteiger partial charge in [-0.15, -0.1) is 0 Å². The number of imide groups is 2. The van der Waals surface area contributed by atoms with Gasteiger partial charge in [-0.25, -0.2) is 4.79 Å². The Morgan fingerprint density at radius 3 is 2.29 bits per heavy atom. The lowest BCUT2D eigenvalue weighted by Crippen LogP contribution is -2.51. The average molecular weight is 447 g/mol. The molecule has 2 aromatic rings. The summed E-state index contributed by atoms with van der Waals surface area (Å²) in [5, 5.41) is 14.7. The maximum Gasteiger partial charge on any atom is 0.339 e. The van der Waals surface area contributed by atoms with Gasteiger partial charge in [-0.3, -0.25) is 30.3 Å². The molecule has 13 heteroatoms. The first-order valence-electron chi connectivity index (χ1n) is 8.36. The number of amides is 4. The molecule has 2 N–H and O–H groups in total. The second kappa shape index (κ2) is 8.23. The molecule has 0 radical (unpaired) electrons. The Bertz CT molecular complexity index is 1230. The van der Waals surface area contributed by atoms with Crippen LogP contribution < -0.4 is 19.6 Å². The number of benzene rings is 2. The number of hydrogen-bond donors (Lipinski definition) is 2. The van der Waals surface area contributed by atoms with Crippen LogP contribution in [0.1, 0.15) is 5.56 Å². The van der Waals surface area contributed by atoms with Crippen molar-refractivity contribution in [2.24, 2.45) is 0 Å². The Balaban J connectivity index is 1.92. The van der Waals surface area contributed by atoms with Gasteiger partial charge in [0.1, 0.15) is 10.5 Å². The van der Waals surface area contributed by atoms with Gasteiger partial charge in [-0.2, -0.15) is 8.42 Å². The second-order valence-electron chi connectivity index (χ2n) is 6.00. The number of barbiturate groups is 1. The van der Waals surface area contributed by atoms with E-state index in [2.05, 4.69) is 0 Å². The van der Waals surface area contributed by atoms with E-state index in [1.807, 2.05) is 10.6 Å². The van der Waals surface area contributed by atoms with Gasteiger partial charge in [0.05, 0.1) is 12.0 Å². The van der Waals surface area contributed by atoms with E-state index in [4.69, 9.17) is 8.92 Å². The normalized spacial score (nSPS) is 13.8. The summed E-state index contributed by atoms with van der Waals surface area (Å²) in [6.45, 7) is 0. The van der Waals surface area contributed by atoms with Gasteiger partial charge in [0.2, 0.25) is 0 Å². The fourth-order valence-corrected chi connectivity index (χ4v) is 3.52. The molecule has 4 amide bonds. The summed E-state index contributed by atoms with van der Waals surface area (Å²) in [5.41, 5.74) is -0.507. The molecule has 1 saturated heterocycles. The van der Waals surface area contributed by atoms with E-state index in [9.17, 15) is 32.9 Å². The largest absolute Gasteiger partial charge is 0.493 e. The average Bonchev–Trinajstić information content (AvgIpc) is 2.71. The van der Waals surface area contributed by atoms with E-state index in [0.29, 0.717) is 0 Å². The molecule has 0 atom stereocenters. The van der Waals surface area contributed by atoms with Crippen molar-refractivity contribution in [1.29, 1.82) is 0 Å². The Hall–Kier alpha value is -4.26. The van der Waals surface area contributed by atoms with Gasteiger partial charge in [0, 0.05) is 12.1 Å². The molecule has 1 aliphatic rings. The van der Waals surface area contributed by atoms with Crippen molar-refractivity contribution in [3.05, 3.63) is 63.7 Å². The molecular formula is C18H13N3O9S. The quantitative estimate of drug-likeness (QED) is 0.216. The topological polar surface area (TPSA) is 171 Å². The Morgan fingerprint density at radius 2 is 1.68 bits per heavy atom. The van der Waals surface area contributed by atoms with Gasteiger partial charge in [0.25, 0.3) is 17.5 Å². The van der Waals surface area contributed by atoms with E-state index in [0.717, 1.165) is 18.2 Å². The highest BCUT2D eigenvalue weighted by molar-refractivity contribution is 7.87. The second-order valence-corrected chi connectivity index (χ2v) is 7.54. The molecule has 2 aromatic carbocycles. The molecule has 160 valence electrons. The van der Waals surface area contributed by atoms with Gasteiger partial charge >= 0.3 is 16.1 Å². The molecule has 0 saturated carbocycles. The van der Waals surface area contributed by atoms with E-state index in [1.165, 1.54) is 37.5 Å². The third kappa shape index (κ3) is 4.67. The number of ether oxygens (including phenoxy) is 1. The maximum absolute atomic E-state index is 12.5. The summed E-state index contributed by atoms with van der Waals surface area (Å²) < 4.78 is 35.2. The number of hydrogen-bond acceptors (Lipinski definition) is 9. The van der Waals surface area contributed by atoms with Gasteiger partial charge in [0.15, 0.2) is 11.5 Å². The smallest absolute Gasteiger partial charge is 0.339 e. The van der Waals surface area contributed by atoms with E-state index >= 15 is 0 Å². The first kappa shape index (κ1) is 21.4. The van der Waals surface area contributed by atoms with Crippen LogP contribution in [0, 0.1) is 10.1 Å². The lowest BCUT2D eigenvalue weighted by molar-refractivity contribution is -0.385. The zero-order chi connectivity index (χ0) is 22.8. The monoisotopic (exact) mass is 447 g/mol. The third-order valence-corrected chi connectivity index (χ3v) is 5.19. The van der Waals surface area contributed by atoms with Crippen LogP contribution in [0.4, 0.5) is 10.5 Å². The molecule has 1 heterocycles. The van der Waals surface area contributed by atoms with Crippen molar-refractivity contribution >= 4 is 39.7 Å². The zero-order valence-electron chi connectivity index (χ0n) is 15.6. The highest BCUT2D eigenvalue weighted by atomic mass is 32.2. The van der Waals surface area contributed by atoms with Crippen LogP contribution in [-0.4, -0.2) is 38.3 Å². The molecule has 12 nitrogen and oxygen atoms in total. The number of carbonyl (C=O) groups excluding carboxylic acids is 3. The SMILES string of the molecule is COc1cc(C=C2C(=O)NC(=O)NC2=O)ccc1OS(=O)(=O)c1cccc([N+](=O)[O-])c1.